The van der Waals surface area contributed by atoms with Crippen LogP contribution in [0.2, 0.25) is 0 Å². The Labute approximate surface area is 109 Å². The van der Waals surface area contributed by atoms with Crippen molar-refractivity contribution in [1.29, 1.82) is 0 Å². The summed E-state index contributed by atoms with van der Waals surface area (Å²) in [4.78, 5) is 11.7. The van der Waals surface area contributed by atoms with E-state index in [0.29, 0.717) is 0 Å². The van der Waals surface area contributed by atoms with Gasteiger partial charge < -0.3 is 10.6 Å². The Hall–Kier alpha value is -1.77. The Kier molecular flexibility index (Phi) is 4.95. The molecule has 0 heterocycles. The number of hydrogen-bond acceptors (Lipinski definition) is 1. The summed E-state index contributed by atoms with van der Waals surface area (Å²) in [6, 6.07) is 7.60. The van der Waals surface area contributed by atoms with E-state index in [0.717, 1.165) is 17.7 Å². The molecule has 0 unspecified atom stereocenters. The van der Waals surface area contributed by atoms with Crippen LogP contribution in [0.15, 0.2) is 36.5 Å². The zero-order chi connectivity index (χ0) is 13.6. The number of rotatable bonds is 3. The van der Waals surface area contributed by atoms with Crippen LogP contribution in [0.3, 0.4) is 0 Å². The lowest BCUT2D eigenvalue weighted by atomic mass is 9.97. The van der Waals surface area contributed by atoms with Crippen LogP contribution in [0, 0.1) is 5.41 Å². The summed E-state index contributed by atoms with van der Waals surface area (Å²) < 4.78 is 0. The molecule has 2 N–H and O–H groups in total. The quantitative estimate of drug-likeness (QED) is 0.833. The van der Waals surface area contributed by atoms with Gasteiger partial charge in [-0.05, 0) is 23.5 Å². The molecule has 2 amide bonds. The Bertz CT molecular complexity index is 430. The van der Waals surface area contributed by atoms with Crippen LogP contribution in [-0.2, 0) is 6.42 Å². The lowest BCUT2D eigenvalue weighted by molar-refractivity contribution is 0.255. The minimum atomic E-state index is -0.212. The maximum absolute atomic E-state index is 11.7. The van der Waals surface area contributed by atoms with Gasteiger partial charge in [0.25, 0.3) is 0 Å². The highest BCUT2D eigenvalue weighted by atomic mass is 16.2. The predicted octanol–water partition coefficient (Wildman–Crippen LogP) is 3.93. The summed E-state index contributed by atoms with van der Waals surface area (Å²) in [6.07, 6.45) is 4.54. The van der Waals surface area contributed by atoms with Crippen LogP contribution in [0.5, 0.6) is 0 Å². The SMILES string of the molecule is CCc1ccccc1NC(=O)N/C=C/C(C)(C)C. The third-order valence-corrected chi connectivity index (χ3v) is 2.44. The van der Waals surface area contributed by atoms with Gasteiger partial charge in [0.1, 0.15) is 0 Å². The van der Waals surface area contributed by atoms with E-state index in [1.807, 2.05) is 30.3 Å². The molecule has 3 heteroatoms. The second-order valence-electron chi connectivity index (χ2n) is 5.31. The van der Waals surface area contributed by atoms with Crippen LogP contribution < -0.4 is 10.6 Å². The predicted molar refractivity (Wildman–Crippen MR) is 76.6 cm³/mol. The molecule has 0 spiro atoms. The Morgan fingerprint density at radius 2 is 1.94 bits per heavy atom. The Morgan fingerprint density at radius 1 is 1.28 bits per heavy atom. The van der Waals surface area contributed by atoms with E-state index in [-0.39, 0.29) is 11.4 Å². The average Bonchev–Trinajstić information content (AvgIpc) is 2.28. The number of para-hydroxylation sites is 1. The van der Waals surface area contributed by atoms with Gasteiger partial charge in [0.05, 0.1) is 0 Å². The highest BCUT2D eigenvalue weighted by Crippen LogP contribution is 2.15. The maximum Gasteiger partial charge on any atom is 0.323 e. The van der Waals surface area contributed by atoms with Crippen molar-refractivity contribution in [3.05, 3.63) is 42.1 Å². The minimum absolute atomic E-state index is 0.0641. The number of carbonyl (C=O) groups excluding carboxylic acids is 1. The topological polar surface area (TPSA) is 41.1 Å². The summed E-state index contributed by atoms with van der Waals surface area (Å²) in [5, 5.41) is 5.55. The molecule has 0 bridgehead atoms. The highest BCUT2D eigenvalue weighted by molar-refractivity contribution is 5.90. The monoisotopic (exact) mass is 246 g/mol. The van der Waals surface area contributed by atoms with Crippen LogP contribution in [-0.4, -0.2) is 6.03 Å². The van der Waals surface area contributed by atoms with Gasteiger partial charge in [-0.2, -0.15) is 0 Å². The first kappa shape index (κ1) is 14.3. The number of benzene rings is 1. The lowest BCUT2D eigenvalue weighted by Crippen LogP contribution is -2.24. The van der Waals surface area contributed by atoms with Crippen LogP contribution in [0.25, 0.3) is 0 Å². The second kappa shape index (κ2) is 6.24. The largest absolute Gasteiger partial charge is 0.323 e. The normalized spacial score (nSPS) is 11.6. The van der Waals surface area contributed by atoms with Crippen molar-refractivity contribution < 1.29 is 4.79 Å². The Balaban J connectivity index is 2.57. The van der Waals surface area contributed by atoms with E-state index in [2.05, 4.69) is 38.3 Å². The van der Waals surface area contributed by atoms with Crippen LogP contribution >= 0.6 is 0 Å². The van der Waals surface area contributed by atoms with Gasteiger partial charge in [-0.1, -0.05) is 52.0 Å². The third-order valence-electron chi connectivity index (χ3n) is 2.44. The molecule has 3 nitrogen and oxygen atoms in total. The first-order valence-electron chi connectivity index (χ1n) is 6.25. The van der Waals surface area contributed by atoms with Gasteiger partial charge in [-0.15, -0.1) is 0 Å². The lowest BCUT2D eigenvalue weighted by Gasteiger charge is -2.12. The zero-order valence-electron chi connectivity index (χ0n) is 11.6. The second-order valence-corrected chi connectivity index (χ2v) is 5.31. The van der Waals surface area contributed by atoms with E-state index in [1.165, 1.54) is 0 Å². The van der Waals surface area contributed by atoms with Crippen molar-refractivity contribution in [1.82, 2.24) is 5.32 Å². The number of allylic oxidation sites excluding steroid dienone is 1. The number of anilines is 1. The van der Waals surface area contributed by atoms with Crippen molar-refractivity contribution in [3.8, 4) is 0 Å². The molecule has 1 rings (SSSR count). The summed E-state index contributed by atoms with van der Waals surface area (Å²) in [5.41, 5.74) is 2.06. The first-order chi connectivity index (χ1) is 8.42. The smallest absolute Gasteiger partial charge is 0.315 e. The number of urea groups is 1. The van der Waals surface area contributed by atoms with Crippen molar-refractivity contribution >= 4 is 11.7 Å². The van der Waals surface area contributed by atoms with Gasteiger partial charge in [-0.3, -0.25) is 0 Å². The fourth-order valence-corrected chi connectivity index (χ4v) is 1.48. The molecular formula is C15H22N2O. The van der Waals surface area contributed by atoms with E-state index in [9.17, 15) is 4.79 Å². The summed E-state index contributed by atoms with van der Waals surface area (Å²) in [7, 11) is 0. The summed E-state index contributed by atoms with van der Waals surface area (Å²) in [5.74, 6) is 0. The molecule has 0 radical (unpaired) electrons. The van der Waals surface area contributed by atoms with Crippen molar-refractivity contribution in [2.45, 2.75) is 34.1 Å². The third kappa shape index (κ3) is 5.04. The molecule has 0 aliphatic carbocycles. The van der Waals surface area contributed by atoms with Gasteiger partial charge in [-0.25, -0.2) is 4.79 Å². The molecular weight excluding hydrogens is 224 g/mol. The maximum atomic E-state index is 11.7. The highest BCUT2D eigenvalue weighted by Gasteiger charge is 2.05. The summed E-state index contributed by atoms with van der Waals surface area (Å²) in [6.45, 7) is 8.30. The van der Waals surface area contributed by atoms with Gasteiger partial charge in [0, 0.05) is 11.9 Å². The number of nitrogens with one attached hydrogen (secondary N) is 2. The van der Waals surface area contributed by atoms with Crippen molar-refractivity contribution in [3.63, 3.8) is 0 Å². The fourth-order valence-electron chi connectivity index (χ4n) is 1.48. The molecule has 1 aromatic rings. The van der Waals surface area contributed by atoms with E-state index in [1.54, 1.807) is 6.20 Å². The van der Waals surface area contributed by atoms with Gasteiger partial charge in [0.2, 0.25) is 0 Å². The fraction of sp³-hybridized carbons (Fsp3) is 0.400. The average molecular weight is 246 g/mol. The number of hydrogen-bond donors (Lipinski definition) is 2. The van der Waals surface area contributed by atoms with Crippen molar-refractivity contribution in [2.24, 2.45) is 5.41 Å². The minimum Gasteiger partial charge on any atom is -0.315 e. The number of carbonyl (C=O) groups is 1. The molecule has 0 aromatic heterocycles. The molecule has 0 saturated heterocycles. The van der Waals surface area contributed by atoms with Crippen LogP contribution in [0.4, 0.5) is 10.5 Å². The Morgan fingerprint density at radius 3 is 2.56 bits per heavy atom. The molecule has 0 atom stereocenters. The number of amides is 2. The molecule has 0 aliphatic rings. The first-order valence-corrected chi connectivity index (χ1v) is 6.25. The number of aryl methyl sites for hydroxylation is 1. The van der Waals surface area contributed by atoms with E-state index in [4.69, 9.17) is 0 Å². The van der Waals surface area contributed by atoms with E-state index < -0.39 is 0 Å². The molecule has 18 heavy (non-hydrogen) atoms. The standard InChI is InChI=1S/C15H22N2O/c1-5-12-8-6-7-9-13(12)17-14(18)16-11-10-15(2,3)4/h6-11H,5H2,1-4H3,(H2,16,17,18)/b11-10+. The molecule has 0 fully saturated rings. The molecule has 0 saturated carbocycles. The summed E-state index contributed by atoms with van der Waals surface area (Å²) >= 11 is 0. The molecule has 1 aromatic carbocycles. The zero-order valence-corrected chi connectivity index (χ0v) is 11.6. The molecule has 0 aliphatic heterocycles. The van der Waals surface area contributed by atoms with Crippen molar-refractivity contribution in [2.75, 3.05) is 5.32 Å². The van der Waals surface area contributed by atoms with Crippen LogP contribution in [0.1, 0.15) is 33.3 Å². The van der Waals surface area contributed by atoms with E-state index >= 15 is 0 Å². The van der Waals surface area contributed by atoms with Gasteiger partial charge >= 0.3 is 6.03 Å². The molecule has 98 valence electrons. The van der Waals surface area contributed by atoms with Gasteiger partial charge in [0.15, 0.2) is 0 Å².